The number of likely N-dealkylation sites (tertiary alicyclic amines) is 1. The summed E-state index contributed by atoms with van der Waals surface area (Å²) in [5.41, 5.74) is 6.18. The Hall–Kier alpha value is -1.42. The van der Waals surface area contributed by atoms with Crippen molar-refractivity contribution in [2.24, 2.45) is 5.73 Å². The van der Waals surface area contributed by atoms with Crippen LogP contribution in [0, 0.1) is 5.82 Å². The molecular formula is C15H21FN2O. The Labute approximate surface area is 113 Å². The molecule has 1 aromatic rings. The first-order chi connectivity index (χ1) is 8.93. The maximum atomic E-state index is 13.6. The molecule has 3 nitrogen and oxygen atoms in total. The van der Waals surface area contributed by atoms with Crippen LogP contribution in [0.3, 0.4) is 0 Å². The van der Waals surface area contributed by atoms with Crippen molar-refractivity contribution in [2.45, 2.75) is 44.7 Å². The van der Waals surface area contributed by atoms with E-state index in [2.05, 4.69) is 0 Å². The fraction of sp³-hybridized carbons (Fsp3) is 0.533. The topological polar surface area (TPSA) is 46.3 Å². The van der Waals surface area contributed by atoms with Gasteiger partial charge in [0.25, 0.3) is 0 Å². The van der Waals surface area contributed by atoms with E-state index in [-0.39, 0.29) is 29.7 Å². The van der Waals surface area contributed by atoms with Crippen LogP contribution in [0.25, 0.3) is 0 Å². The molecule has 1 heterocycles. The zero-order chi connectivity index (χ0) is 14.0. The summed E-state index contributed by atoms with van der Waals surface area (Å²) in [5, 5.41) is 0. The van der Waals surface area contributed by atoms with E-state index in [0.29, 0.717) is 12.1 Å². The number of benzene rings is 1. The number of amides is 1. The van der Waals surface area contributed by atoms with Crippen LogP contribution < -0.4 is 5.73 Å². The molecule has 0 radical (unpaired) electrons. The molecule has 4 heteroatoms. The number of carbonyl (C=O) groups is 1. The molecule has 0 aliphatic carbocycles. The third-order valence-electron chi connectivity index (χ3n) is 4.10. The molecule has 1 fully saturated rings. The molecule has 2 N–H and O–H groups in total. The van der Waals surface area contributed by atoms with Crippen LogP contribution in [-0.2, 0) is 11.2 Å². The molecule has 0 bridgehead atoms. The lowest BCUT2D eigenvalue weighted by molar-refractivity contribution is -0.138. The Balaban J connectivity index is 2.14. The van der Waals surface area contributed by atoms with Gasteiger partial charge in [-0.2, -0.15) is 0 Å². The second kappa shape index (κ2) is 5.29. The van der Waals surface area contributed by atoms with Gasteiger partial charge in [0.15, 0.2) is 0 Å². The van der Waals surface area contributed by atoms with Crippen LogP contribution >= 0.6 is 0 Å². The van der Waals surface area contributed by atoms with Crippen molar-refractivity contribution < 1.29 is 9.18 Å². The number of nitrogens with zero attached hydrogens (tertiary/aromatic N) is 1. The summed E-state index contributed by atoms with van der Waals surface area (Å²) < 4.78 is 13.6. The minimum Gasteiger partial charge on any atom is -0.336 e. The van der Waals surface area contributed by atoms with Gasteiger partial charge in [-0.1, -0.05) is 18.2 Å². The van der Waals surface area contributed by atoms with Gasteiger partial charge >= 0.3 is 0 Å². The maximum absolute atomic E-state index is 13.6. The van der Waals surface area contributed by atoms with Crippen molar-refractivity contribution in [3.8, 4) is 0 Å². The first kappa shape index (κ1) is 14.0. The number of nitrogens with two attached hydrogens (primary N) is 1. The molecule has 1 saturated heterocycles. The second-order valence-electron chi connectivity index (χ2n) is 5.72. The molecule has 19 heavy (non-hydrogen) atoms. The van der Waals surface area contributed by atoms with Crippen molar-refractivity contribution >= 4 is 5.91 Å². The Morgan fingerprint density at radius 3 is 2.84 bits per heavy atom. The van der Waals surface area contributed by atoms with Crippen LogP contribution in [0.1, 0.15) is 32.3 Å². The van der Waals surface area contributed by atoms with Gasteiger partial charge in [0.2, 0.25) is 5.91 Å². The summed E-state index contributed by atoms with van der Waals surface area (Å²) in [6.07, 6.45) is 1.94. The number of hydrogen-bond acceptors (Lipinski definition) is 2. The summed E-state index contributed by atoms with van der Waals surface area (Å²) >= 11 is 0. The van der Waals surface area contributed by atoms with E-state index in [1.165, 1.54) is 6.07 Å². The molecule has 104 valence electrons. The van der Waals surface area contributed by atoms with Gasteiger partial charge in [0.1, 0.15) is 5.82 Å². The molecule has 0 spiro atoms. The Kier molecular flexibility index (Phi) is 3.90. The third kappa shape index (κ3) is 2.78. The lowest BCUT2D eigenvalue weighted by Crippen LogP contribution is -2.61. The van der Waals surface area contributed by atoms with Crippen molar-refractivity contribution in [1.82, 2.24) is 4.90 Å². The molecular weight excluding hydrogens is 243 g/mol. The van der Waals surface area contributed by atoms with E-state index >= 15 is 0 Å². The molecule has 1 aromatic carbocycles. The quantitative estimate of drug-likeness (QED) is 0.889. The Morgan fingerprint density at radius 2 is 2.16 bits per heavy atom. The number of carbonyl (C=O) groups excluding carboxylic acids is 1. The lowest BCUT2D eigenvalue weighted by Gasteiger charge is -2.46. The van der Waals surface area contributed by atoms with Gasteiger partial charge in [0.05, 0.1) is 12.0 Å². The first-order valence-corrected chi connectivity index (χ1v) is 6.72. The van der Waals surface area contributed by atoms with Gasteiger partial charge in [0, 0.05) is 12.6 Å². The van der Waals surface area contributed by atoms with Crippen molar-refractivity contribution in [3.63, 3.8) is 0 Å². The van der Waals surface area contributed by atoms with E-state index < -0.39 is 0 Å². The molecule has 0 saturated carbocycles. The highest BCUT2D eigenvalue weighted by Crippen LogP contribution is 2.27. The zero-order valence-electron chi connectivity index (χ0n) is 11.5. The molecule has 1 unspecified atom stereocenters. The average molecular weight is 264 g/mol. The smallest absolute Gasteiger partial charge is 0.227 e. The molecule has 1 aliphatic heterocycles. The van der Waals surface area contributed by atoms with Crippen molar-refractivity contribution in [2.75, 3.05) is 6.54 Å². The van der Waals surface area contributed by atoms with Crippen LogP contribution in [0.15, 0.2) is 24.3 Å². The molecule has 2 rings (SSSR count). The largest absolute Gasteiger partial charge is 0.336 e. The Bertz CT molecular complexity index is 473. The zero-order valence-corrected chi connectivity index (χ0v) is 11.5. The molecule has 1 atom stereocenters. The standard InChI is InChI=1S/C15H21FN2O/c1-15(2)13(17)8-5-9-18(15)14(19)10-11-6-3-4-7-12(11)16/h3-4,6-7,13H,5,8-10,17H2,1-2H3. The third-order valence-corrected chi connectivity index (χ3v) is 4.10. The van der Waals surface area contributed by atoms with Crippen molar-refractivity contribution in [1.29, 1.82) is 0 Å². The van der Waals surface area contributed by atoms with E-state index in [0.717, 1.165) is 12.8 Å². The lowest BCUT2D eigenvalue weighted by atomic mass is 9.85. The predicted octanol–water partition coefficient (Wildman–Crippen LogP) is 2.10. The highest BCUT2D eigenvalue weighted by atomic mass is 19.1. The fourth-order valence-corrected chi connectivity index (χ4v) is 2.66. The minimum atomic E-state index is -0.361. The number of halogens is 1. The molecule has 1 aliphatic rings. The molecule has 0 aromatic heterocycles. The van der Waals surface area contributed by atoms with Gasteiger partial charge in [-0.15, -0.1) is 0 Å². The predicted molar refractivity (Wildman–Crippen MR) is 73.1 cm³/mol. The minimum absolute atomic E-state index is 0.0224. The fourth-order valence-electron chi connectivity index (χ4n) is 2.66. The SMILES string of the molecule is CC1(C)C(N)CCCN1C(=O)Cc1ccccc1F. The van der Waals surface area contributed by atoms with Crippen molar-refractivity contribution in [3.05, 3.63) is 35.6 Å². The van der Waals surface area contributed by atoms with Gasteiger partial charge in [-0.25, -0.2) is 4.39 Å². The summed E-state index contributed by atoms with van der Waals surface area (Å²) in [5.74, 6) is -0.375. The van der Waals surface area contributed by atoms with Gasteiger partial charge < -0.3 is 10.6 Å². The van der Waals surface area contributed by atoms with E-state index in [1.807, 2.05) is 13.8 Å². The van der Waals surface area contributed by atoms with Crippen LogP contribution in [0.4, 0.5) is 4.39 Å². The normalized spacial score (nSPS) is 22.3. The second-order valence-corrected chi connectivity index (χ2v) is 5.72. The first-order valence-electron chi connectivity index (χ1n) is 6.72. The van der Waals surface area contributed by atoms with E-state index in [4.69, 9.17) is 5.73 Å². The summed E-state index contributed by atoms with van der Waals surface area (Å²) in [4.78, 5) is 14.2. The highest BCUT2D eigenvalue weighted by molar-refractivity contribution is 5.79. The summed E-state index contributed by atoms with van der Waals surface area (Å²) in [6.45, 7) is 4.67. The van der Waals surface area contributed by atoms with Crippen LogP contribution in [-0.4, -0.2) is 28.9 Å². The van der Waals surface area contributed by atoms with E-state index in [1.54, 1.807) is 23.1 Å². The summed E-state index contributed by atoms with van der Waals surface area (Å²) in [7, 11) is 0. The number of piperidine rings is 1. The molecule has 1 amide bonds. The number of rotatable bonds is 2. The van der Waals surface area contributed by atoms with E-state index in [9.17, 15) is 9.18 Å². The highest BCUT2D eigenvalue weighted by Gasteiger charge is 2.38. The van der Waals surface area contributed by atoms with Crippen LogP contribution in [0.5, 0.6) is 0 Å². The van der Waals surface area contributed by atoms with Gasteiger partial charge in [-0.05, 0) is 38.3 Å². The summed E-state index contributed by atoms with van der Waals surface area (Å²) in [6, 6.07) is 6.40. The Morgan fingerprint density at radius 1 is 1.47 bits per heavy atom. The number of hydrogen-bond donors (Lipinski definition) is 1. The maximum Gasteiger partial charge on any atom is 0.227 e. The monoisotopic (exact) mass is 264 g/mol. The average Bonchev–Trinajstić information content (AvgIpc) is 2.35. The van der Waals surface area contributed by atoms with Crippen LogP contribution in [0.2, 0.25) is 0 Å². The van der Waals surface area contributed by atoms with Gasteiger partial charge in [-0.3, -0.25) is 4.79 Å².